The third kappa shape index (κ3) is 3.95. The number of carbonyl (C=O) groups excluding carboxylic acids is 1. The van der Waals surface area contributed by atoms with Gasteiger partial charge in [-0.25, -0.2) is 4.98 Å². The molecule has 0 bridgehead atoms. The minimum atomic E-state index is -0.141. The number of likely N-dealkylation sites (tertiary alicyclic amines) is 1. The number of rotatable bonds is 5. The van der Waals surface area contributed by atoms with E-state index >= 15 is 0 Å². The first kappa shape index (κ1) is 17.4. The summed E-state index contributed by atoms with van der Waals surface area (Å²) < 4.78 is 1.23. The summed E-state index contributed by atoms with van der Waals surface area (Å²) in [7, 11) is 0. The number of nitrogens with zero attached hydrogens (tertiary/aromatic N) is 2. The van der Waals surface area contributed by atoms with Crippen molar-refractivity contribution in [2.45, 2.75) is 58.0 Å². The van der Waals surface area contributed by atoms with Gasteiger partial charge >= 0.3 is 0 Å². The zero-order chi connectivity index (χ0) is 17.2. The molecule has 2 heterocycles. The Morgan fingerprint density at radius 2 is 2.17 bits per heavy atom. The zero-order valence-electron chi connectivity index (χ0n) is 14.8. The highest BCUT2D eigenvalue weighted by molar-refractivity contribution is 7.18. The lowest BCUT2D eigenvalue weighted by Crippen LogP contribution is -2.48. The largest absolute Gasteiger partial charge is 0.350 e. The third-order valence-corrected chi connectivity index (χ3v) is 6.06. The fourth-order valence-corrected chi connectivity index (χ4v) is 4.32. The third-order valence-electron chi connectivity index (χ3n) is 4.92. The smallest absolute Gasteiger partial charge is 0.234 e. The standard InChI is InChI=1S/C19H27N3OS/c1-4-19(2,3)21-17(23)13-22-12-8-7-10-15(22)18-20-14-9-5-6-11-16(14)24-18/h5-6,9,11,15H,4,7-8,10,12-13H2,1-3H3,(H,21,23)/t15-/m1/s1. The summed E-state index contributed by atoms with van der Waals surface area (Å²) in [5.41, 5.74) is 0.928. The van der Waals surface area contributed by atoms with E-state index in [0.29, 0.717) is 6.54 Å². The predicted molar refractivity (Wildman–Crippen MR) is 100 cm³/mol. The molecule has 0 radical (unpaired) electrons. The Labute approximate surface area is 148 Å². The molecule has 1 N–H and O–H groups in total. The Morgan fingerprint density at radius 1 is 1.38 bits per heavy atom. The number of thiazole rings is 1. The van der Waals surface area contributed by atoms with Crippen LogP contribution in [0.2, 0.25) is 0 Å². The van der Waals surface area contributed by atoms with Crippen LogP contribution >= 0.6 is 11.3 Å². The van der Waals surface area contributed by atoms with Crippen LogP contribution < -0.4 is 5.32 Å². The van der Waals surface area contributed by atoms with Gasteiger partial charge in [0.1, 0.15) is 5.01 Å². The molecule has 24 heavy (non-hydrogen) atoms. The van der Waals surface area contributed by atoms with Crippen molar-refractivity contribution in [3.63, 3.8) is 0 Å². The lowest BCUT2D eigenvalue weighted by Gasteiger charge is -2.35. The molecule has 0 saturated carbocycles. The van der Waals surface area contributed by atoms with Crippen LogP contribution in [0.25, 0.3) is 10.2 Å². The number of aromatic nitrogens is 1. The number of benzene rings is 1. The summed E-state index contributed by atoms with van der Waals surface area (Å²) >= 11 is 1.77. The van der Waals surface area contributed by atoms with Gasteiger partial charge in [-0.15, -0.1) is 11.3 Å². The van der Waals surface area contributed by atoms with Gasteiger partial charge in [-0.2, -0.15) is 0 Å². The van der Waals surface area contributed by atoms with E-state index < -0.39 is 0 Å². The molecule has 3 rings (SSSR count). The molecule has 1 amide bonds. The predicted octanol–water partition coefficient (Wildman–Crippen LogP) is 4.13. The summed E-state index contributed by atoms with van der Waals surface area (Å²) in [5.74, 6) is 0.120. The van der Waals surface area contributed by atoms with Crippen molar-refractivity contribution in [3.8, 4) is 0 Å². The Kier molecular flexibility index (Phi) is 5.21. The maximum absolute atomic E-state index is 12.5. The minimum Gasteiger partial charge on any atom is -0.350 e. The van der Waals surface area contributed by atoms with Crippen LogP contribution in [0.3, 0.4) is 0 Å². The lowest BCUT2D eigenvalue weighted by atomic mass is 10.0. The average molecular weight is 346 g/mol. The summed E-state index contributed by atoms with van der Waals surface area (Å²) in [6, 6.07) is 8.55. The number of piperidine rings is 1. The van der Waals surface area contributed by atoms with Gasteiger partial charge in [0.15, 0.2) is 0 Å². The maximum atomic E-state index is 12.5. The van der Waals surface area contributed by atoms with Gasteiger partial charge in [-0.05, 0) is 51.8 Å². The fraction of sp³-hybridized carbons (Fsp3) is 0.579. The molecule has 1 aliphatic rings. The van der Waals surface area contributed by atoms with Gasteiger partial charge in [0.25, 0.3) is 0 Å². The van der Waals surface area contributed by atoms with E-state index in [9.17, 15) is 4.79 Å². The van der Waals surface area contributed by atoms with Crippen molar-refractivity contribution < 1.29 is 4.79 Å². The van der Waals surface area contributed by atoms with Crippen LogP contribution in [0.4, 0.5) is 0 Å². The molecule has 2 aromatic rings. The van der Waals surface area contributed by atoms with Gasteiger partial charge in [-0.3, -0.25) is 9.69 Å². The van der Waals surface area contributed by atoms with Gasteiger partial charge in [0.05, 0.1) is 22.8 Å². The van der Waals surface area contributed by atoms with E-state index in [1.54, 1.807) is 11.3 Å². The van der Waals surface area contributed by atoms with E-state index in [1.165, 1.54) is 11.1 Å². The second kappa shape index (κ2) is 7.19. The van der Waals surface area contributed by atoms with E-state index in [1.807, 2.05) is 6.07 Å². The molecule has 4 nitrogen and oxygen atoms in total. The van der Waals surface area contributed by atoms with Gasteiger partial charge in [-0.1, -0.05) is 25.5 Å². The SMILES string of the molecule is CCC(C)(C)NC(=O)CN1CCCC[C@@H]1c1nc2ccccc2s1. The average Bonchev–Trinajstić information content (AvgIpc) is 2.98. The molecule has 1 atom stereocenters. The number of carbonyl (C=O) groups is 1. The molecule has 1 aromatic heterocycles. The number of hydrogen-bond acceptors (Lipinski definition) is 4. The van der Waals surface area contributed by atoms with E-state index in [0.717, 1.165) is 36.3 Å². The molecule has 0 spiro atoms. The molecule has 5 heteroatoms. The highest BCUT2D eigenvalue weighted by atomic mass is 32.1. The first-order valence-corrected chi connectivity index (χ1v) is 9.71. The van der Waals surface area contributed by atoms with Crippen LogP contribution in [0, 0.1) is 0 Å². The number of fused-ring (bicyclic) bond motifs is 1. The van der Waals surface area contributed by atoms with Crippen LogP contribution in [0.15, 0.2) is 24.3 Å². The Balaban J connectivity index is 1.74. The second-order valence-corrected chi connectivity index (χ2v) is 8.35. The molecule has 0 unspecified atom stereocenters. The number of hydrogen-bond donors (Lipinski definition) is 1. The first-order chi connectivity index (χ1) is 11.5. The zero-order valence-corrected chi connectivity index (χ0v) is 15.7. The van der Waals surface area contributed by atoms with Crippen LogP contribution in [0.5, 0.6) is 0 Å². The van der Waals surface area contributed by atoms with Crippen molar-refractivity contribution in [2.24, 2.45) is 0 Å². The van der Waals surface area contributed by atoms with Crippen molar-refractivity contribution >= 4 is 27.5 Å². The first-order valence-electron chi connectivity index (χ1n) is 8.89. The number of amides is 1. The van der Waals surface area contributed by atoms with Crippen molar-refractivity contribution in [1.82, 2.24) is 15.2 Å². The molecular formula is C19H27N3OS. The Morgan fingerprint density at radius 3 is 2.92 bits per heavy atom. The topological polar surface area (TPSA) is 45.2 Å². The molecule has 130 valence electrons. The van der Waals surface area contributed by atoms with Crippen LogP contribution in [-0.2, 0) is 4.79 Å². The van der Waals surface area contributed by atoms with E-state index in [4.69, 9.17) is 4.98 Å². The highest BCUT2D eigenvalue weighted by Crippen LogP contribution is 2.35. The summed E-state index contributed by atoms with van der Waals surface area (Å²) in [6.45, 7) is 7.69. The maximum Gasteiger partial charge on any atom is 0.234 e. The second-order valence-electron chi connectivity index (χ2n) is 7.29. The molecule has 1 saturated heterocycles. The quantitative estimate of drug-likeness (QED) is 0.886. The van der Waals surface area contributed by atoms with E-state index in [2.05, 4.69) is 49.2 Å². The molecule has 0 aliphatic carbocycles. The summed E-state index contributed by atoms with van der Waals surface area (Å²) in [6.07, 6.45) is 4.38. The summed E-state index contributed by atoms with van der Waals surface area (Å²) in [5, 5.41) is 4.31. The number of para-hydroxylation sites is 1. The van der Waals surface area contributed by atoms with Gasteiger partial charge < -0.3 is 5.32 Å². The lowest BCUT2D eigenvalue weighted by molar-refractivity contribution is -0.124. The fourth-order valence-electron chi connectivity index (χ4n) is 3.18. The number of nitrogens with one attached hydrogen (secondary N) is 1. The summed E-state index contributed by atoms with van der Waals surface area (Å²) in [4.78, 5) is 19.6. The minimum absolute atomic E-state index is 0.120. The Hall–Kier alpha value is -1.46. The molecular weight excluding hydrogens is 318 g/mol. The van der Waals surface area contributed by atoms with Crippen molar-refractivity contribution in [1.29, 1.82) is 0 Å². The Bertz CT molecular complexity index is 676. The highest BCUT2D eigenvalue weighted by Gasteiger charge is 2.29. The molecule has 1 fully saturated rings. The van der Waals surface area contributed by atoms with Crippen molar-refractivity contribution in [3.05, 3.63) is 29.3 Å². The van der Waals surface area contributed by atoms with Crippen LogP contribution in [0.1, 0.15) is 57.5 Å². The molecule has 1 aromatic carbocycles. The molecule has 1 aliphatic heterocycles. The van der Waals surface area contributed by atoms with E-state index in [-0.39, 0.29) is 17.5 Å². The van der Waals surface area contributed by atoms with Gasteiger partial charge in [0.2, 0.25) is 5.91 Å². The van der Waals surface area contributed by atoms with Gasteiger partial charge in [0, 0.05) is 5.54 Å². The van der Waals surface area contributed by atoms with Crippen LogP contribution in [-0.4, -0.2) is 34.4 Å². The van der Waals surface area contributed by atoms with Crippen molar-refractivity contribution in [2.75, 3.05) is 13.1 Å². The monoisotopic (exact) mass is 345 g/mol. The normalized spacial score (nSPS) is 19.5.